The number of hydrogen-bond acceptors (Lipinski definition) is 4. The molecule has 0 spiro atoms. The molecule has 1 fully saturated rings. The van der Waals surface area contributed by atoms with E-state index in [1.807, 2.05) is 32.3 Å². The zero-order valence-electron chi connectivity index (χ0n) is 11.5. The van der Waals surface area contributed by atoms with Gasteiger partial charge in [-0.3, -0.25) is 0 Å². The quantitative estimate of drug-likeness (QED) is 0.617. The first-order chi connectivity index (χ1) is 9.16. The summed E-state index contributed by atoms with van der Waals surface area (Å²) in [6.45, 7) is 0.960. The molecule has 0 heterocycles. The Balaban J connectivity index is 1.96. The van der Waals surface area contributed by atoms with Crippen LogP contribution in [0.4, 0.5) is 0 Å². The van der Waals surface area contributed by atoms with Crippen molar-refractivity contribution >= 4 is 11.7 Å². The summed E-state index contributed by atoms with van der Waals surface area (Å²) in [7, 11) is 4.10. The zero-order chi connectivity index (χ0) is 13.7. The Labute approximate surface area is 114 Å². The summed E-state index contributed by atoms with van der Waals surface area (Å²) in [5, 5.41) is 4.07. The molecule has 0 N–H and O–H groups in total. The lowest BCUT2D eigenvalue weighted by molar-refractivity contribution is 0.0513. The summed E-state index contributed by atoms with van der Waals surface area (Å²) in [5.41, 5.74) is 1.55. The Morgan fingerprint density at radius 2 is 2.11 bits per heavy atom. The van der Waals surface area contributed by atoms with Gasteiger partial charge in [-0.05, 0) is 45.5 Å². The van der Waals surface area contributed by atoms with Crippen molar-refractivity contribution in [2.45, 2.75) is 19.3 Å². The van der Waals surface area contributed by atoms with Crippen molar-refractivity contribution in [3.8, 4) is 0 Å². The highest BCUT2D eigenvalue weighted by Gasteiger charge is 2.24. The van der Waals surface area contributed by atoms with E-state index in [4.69, 9.17) is 4.84 Å². The molecule has 0 saturated heterocycles. The molecule has 1 aromatic rings. The van der Waals surface area contributed by atoms with Gasteiger partial charge in [-0.2, -0.15) is 0 Å². The lowest BCUT2D eigenvalue weighted by atomic mass is 10.1. The molecule has 1 aliphatic rings. The molecule has 1 aliphatic carbocycles. The van der Waals surface area contributed by atoms with Crippen molar-refractivity contribution in [3.05, 3.63) is 35.9 Å². The lowest BCUT2D eigenvalue weighted by Crippen LogP contribution is -2.24. The summed E-state index contributed by atoms with van der Waals surface area (Å²) < 4.78 is 0. The maximum atomic E-state index is 11.8. The van der Waals surface area contributed by atoms with Crippen LogP contribution < -0.4 is 0 Å². The lowest BCUT2D eigenvalue weighted by Gasteiger charge is -2.15. The molecule has 1 aromatic carbocycles. The van der Waals surface area contributed by atoms with Crippen LogP contribution in [0.3, 0.4) is 0 Å². The summed E-state index contributed by atoms with van der Waals surface area (Å²) in [6.07, 6.45) is 3.18. The van der Waals surface area contributed by atoms with Crippen LogP contribution in [-0.4, -0.2) is 37.2 Å². The number of carbonyl (C=O) groups is 1. The summed E-state index contributed by atoms with van der Waals surface area (Å²) in [5.74, 6) is 0.0298. The fraction of sp³-hybridized carbons (Fsp3) is 0.467. The van der Waals surface area contributed by atoms with Crippen molar-refractivity contribution < 1.29 is 9.63 Å². The van der Waals surface area contributed by atoms with Gasteiger partial charge in [-0.1, -0.05) is 23.4 Å². The van der Waals surface area contributed by atoms with Crippen LogP contribution in [0, 0.1) is 5.92 Å². The van der Waals surface area contributed by atoms with Gasteiger partial charge < -0.3 is 9.74 Å². The SMILES string of the molecule is CN(C)C[C@H]1CCC/C1=N\OC(=O)c1ccccc1. The average Bonchev–Trinajstić information content (AvgIpc) is 2.83. The van der Waals surface area contributed by atoms with E-state index in [0.29, 0.717) is 11.5 Å². The molecule has 19 heavy (non-hydrogen) atoms. The molecule has 0 aromatic heterocycles. The Hall–Kier alpha value is -1.68. The van der Waals surface area contributed by atoms with E-state index >= 15 is 0 Å². The average molecular weight is 260 g/mol. The third kappa shape index (κ3) is 3.89. The second kappa shape index (κ2) is 6.48. The molecule has 0 radical (unpaired) electrons. The Morgan fingerprint density at radius 1 is 1.37 bits per heavy atom. The van der Waals surface area contributed by atoms with E-state index in [9.17, 15) is 4.79 Å². The molecule has 0 unspecified atom stereocenters. The largest absolute Gasteiger partial charge is 0.365 e. The second-order valence-electron chi connectivity index (χ2n) is 5.18. The van der Waals surface area contributed by atoms with Crippen LogP contribution in [0.2, 0.25) is 0 Å². The fourth-order valence-corrected chi connectivity index (χ4v) is 2.38. The van der Waals surface area contributed by atoms with Crippen molar-refractivity contribution in [1.82, 2.24) is 4.90 Å². The van der Waals surface area contributed by atoms with Gasteiger partial charge >= 0.3 is 5.97 Å². The monoisotopic (exact) mass is 260 g/mol. The first-order valence-corrected chi connectivity index (χ1v) is 6.64. The van der Waals surface area contributed by atoms with Gasteiger partial charge in [0.1, 0.15) is 0 Å². The Morgan fingerprint density at radius 3 is 2.79 bits per heavy atom. The molecule has 4 heteroatoms. The minimum absolute atomic E-state index is 0.386. The predicted octanol–water partition coefficient (Wildman–Crippen LogP) is 2.56. The number of carbonyl (C=O) groups excluding carboxylic acids is 1. The van der Waals surface area contributed by atoms with Crippen LogP contribution in [0.15, 0.2) is 35.5 Å². The van der Waals surface area contributed by atoms with E-state index in [2.05, 4.69) is 10.1 Å². The summed E-state index contributed by atoms with van der Waals surface area (Å²) in [4.78, 5) is 19.0. The van der Waals surface area contributed by atoms with Crippen LogP contribution in [0.1, 0.15) is 29.6 Å². The molecule has 102 valence electrons. The van der Waals surface area contributed by atoms with Crippen molar-refractivity contribution in [3.63, 3.8) is 0 Å². The number of nitrogens with zero attached hydrogens (tertiary/aromatic N) is 2. The molecule has 4 nitrogen and oxygen atoms in total. The third-order valence-electron chi connectivity index (χ3n) is 3.30. The van der Waals surface area contributed by atoms with Gasteiger partial charge in [0, 0.05) is 12.5 Å². The van der Waals surface area contributed by atoms with Crippen LogP contribution in [-0.2, 0) is 4.84 Å². The molecule has 0 bridgehead atoms. The summed E-state index contributed by atoms with van der Waals surface area (Å²) >= 11 is 0. The topological polar surface area (TPSA) is 41.9 Å². The van der Waals surface area contributed by atoms with E-state index < -0.39 is 0 Å². The minimum atomic E-state index is -0.386. The van der Waals surface area contributed by atoms with Gasteiger partial charge in [-0.25, -0.2) is 4.79 Å². The smallest absolute Gasteiger partial charge is 0.313 e. The molecular weight excluding hydrogens is 240 g/mol. The zero-order valence-corrected chi connectivity index (χ0v) is 11.5. The van der Waals surface area contributed by atoms with Gasteiger partial charge in [0.05, 0.1) is 11.3 Å². The highest BCUT2D eigenvalue weighted by atomic mass is 16.7. The number of oxime groups is 1. The van der Waals surface area contributed by atoms with Crippen LogP contribution in [0.25, 0.3) is 0 Å². The van der Waals surface area contributed by atoms with Gasteiger partial charge in [0.25, 0.3) is 0 Å². The molecular formula is C15H20N2O2. The minimum Gasteiger partial charge on any atom is -0.313 e. The van der Waals surface area contributed by atoms with Gasteiger partial charge in [-0.15, -0.1) is 0 Å². The van der Waals surface area contributed by atoms with E-state index in [0.717, 1.165) is 31.5 Å². The number of hydrogen-bond donors (Lipinski definition) is 0. The Bertz CT molecular complexity index is 454. The summed E-state index contributed by atoms with van der Waals surface area (Å²) in [6, 6.07) is 8.96. The number of benzene rings is 1. The van der Waals surface area contributed by atoms with E-state index in [-0.39, 0.29) is 5.97 Å². The molecule has 0 aliphatic heterocycles. The Kier molecular flexibility index (Phi) is 4.68. The predicted molar refractivity (Wildman–Crippen MR) is 75.2 cm³/mol. The first-order valence-electron chi connectivity index (χ1n) is 6.64. The highest BCUT2D eigenvalue weighted by Crippen LogP contribution is 2.23. The molecule has 2 rings (SSSR count). The molecule has 0 amide bonds. The number of rotatable bonds is 4. The molecule has 1 saturated carbocycles. The van der Waals surface area contributed by atoms with Crippen molar-refractivity contribution in [2.24, 2.45) is 11.1 Å². The third-order valence-corrected chi connectivity index (χ3v) is 3.30. The van der Waals surface area contributed by atoms with E-state index in [1.165, 1.54) is 0 Å². The first kappa shape index (κ1) is 13.7. The maximum Gasteiger partial charge on any atom is 0.365 e. The van der Waals surface area contributed by atoms with E-state index in [1.54, 1.807) is 12.1 Å². The molecule has 1 atom stereocenters. The van der Waals surface area contributed by atoms with Crippen LogP contribution >= 0.6 is 0 Å². The van der Waals surface area contributed by atoms with Crippen LogP contribution in [0.5, 0.6) is 0 Å². The second-order valence-corrected chi connectivity index (χ2v) is 5.18. The van der Waals surface area contributed by atoms with Crippen molar-refractivity contribution in [2.75, 3.05) is 20.6 Å². The van der Waals surface area contributed by atoms with Gasteiger partial charge in [0.15, 0.2) is 0 Å². The standard InChI is InChI=1S/C15H20N2O2/c1-17(2)11-13-9-6-10-14(13)16-19-15(18)12-7-4-3-5-8-12/h3-5,7-8,13H,6,9-11H2,1-2H3/b16-14+/t13-/m1/s1. The fourth-order valence-electron chi connectivity index (χ4n) is 2.38. The highest BCUT2D eigenvalue weighted by molar-refractivity contribution is 5.92. The normalized spacial score (nSPS) is 21.0. The van der Waals surface area contributed by atoms with Gasteiger partial charge in [0.2, 0.25) is 0 Å². The van der Waals surface area contributed by atoms with Crippen molar-refractivity contribution in [1.29, 1.82) is 0 Å². The maximum absolute atomic E-state index is 11.8.